The van der Waals surface area contributed by atoms with Crippen LogP contribution in [0.4, 0.5) is 0 Å². The molecule has 2 atom stereocenters. The molecule has 0 aliphatic carbocycles. The molecule has 0 aromatic heterocycles. The number of hydrogen-bond donors (Lipinski definition) is 1. The number of nitrogens with two attached hydrogens (primary N) is 1. The first kappa shape index (κ1) is 18.4. The van der Waals surface area contributed by atoms with Crippen molar-refractivity contribution in [2.75, 3.05) is 6.54 Å². The second kappa shape index (κ2) is 8.38. The topological polar surface area (TPSA) is 55.6 Å². The lowest BCUT2D eigenvalue weighted by Crippen LogP contribution is -2.64. The van der Waals surface area contributed by atoms with Crippen molar-refractivity contribution in [1.82, 2.24) is 4.90 Å². The Hall–Kier alpha value is -2.95. The quantitative estimate of drug-likeness (QED) is 0.670. The van der Waals surface area contributed by atoms with E-state index in [1.165, 1.54) is 11.1 Å². The maximum atomic E-state index is 12.5. The van der Waals surface area contributed by atoms with Crippen molar-refractivity contribution in [3.8, 4) is 0 Å². The van der Waals surface area contributed by atoms with Gasteiger partial charge in [0.05, 0.1) is 18.1 Å². The Morgan fingerprint density at radius 2 is 1.39 bits per heavy atom. The molecule has 3 aromatic carbocycles. The summed E-state index contributed by atoms with van der Waals surface area (Å²) in [6.07, 6.45) is -0.367. The van der Waals surface area contributed by atoms with Gasteiger partial charge in [0.2, 0.25) is 0 Å². The summed E-state index contributed by atoms with van der Waals surface area (Å²) in [7, 11) is 0. The van der Waals surface area contributed by atoms with E-state index in [1.807, 2.05) is 66.7 Å². The highest BCUT2D eigenvalue weighted by molar-refractivity contribution is 5.74. The smallest absolute Gasteiger partial charge is 0.313 e. The first-order valence-electron chi connectivity index (χ1n) is 9.56. The zero-order chi connectivity index (χ0) is 19.3. The fraction of sp³-hybridized carbons (Fsp3) is 0.208. The Morgan fingerprint density at radius 3 is 1.89 bits per heavy atom. The van der Waals surface area contributed by atoms with Crippen LogP contribution in [0, 0.1) is 5.92 Å². The normalized spacial score (nSPS) is 19.2. The van der Waals surface area contributed by atoms with Crippen LogP contribution in [0.3, 0.4) is 0 Å². The van der Waals surface area contributed by atoms with Gasteiger partial charge in [-0.05, 0) is 16.7 Å². The summed E-state index contributed by atoms with van der Waals surface area (Å²) in [6, 6.07) is 30.3. The average molecular weight is 372 g/mol. The van der Waals surface area contributed by atoms with Gasteiger partial charge < -0.3 is 10.5 Å². The molecule has 1 fully saturated rings. The number of carbonyl (C=O) groups excluding carboxylic acids is 1. The third kappa shape index (κ3) is 3.84. The maximum Gasteiger partial charge on any atom is 0.313 e. The van der Waals surface area contributed by atoms with E-state index in [-0.39, 0.29) is 30.7 Å². The summed E-state index contributed by atoms with van der Waals surface area (Å²) in [6.45, 7) is 0.868. The van der Waals surface area contributed by atoms with Crippen LogP contribution in [0.2, 0.25) is 0 Å². The molecule has 2 N–H and O–H groups in total. The molecule has 28 heavy (non-hydrogen) atoms. The van der Waals surface area contributed by atoms with Gasteiger partial charge in [0.15, 0.2) is 0 Å². The molecule has 4 rings (SSSR count). The van der Waals surface area contributed by atoms with Crippen LogP contribution in [0.1, 0.15) is 22.7 Å². The highest BCUT2D eigenvalue weighted by Gasteiger charge is 2.46. The van der Waals surface area contributed by atoms with Crippen LogP contribution in [0.15, 0.2) is 91.0 Å². The molecule has 0 amide bonds. The molecule has 4 heteroatoms. The zero-order valence-corrected chi connectivity index (χ0v) is 15.6. The van der Waals surface area contributed by atoms with Crippen LogP contribution in [-0.2, 0) is 16.1 Å². The van der Waals surface area contributed by atoms with E-state index in [1.54, 1.807) is 0 Å². The minimum Gasteiger partial charge on any atom is -0.460 e. The van der Waals surface area contributed by atoms with Gasteiger partial charge in [0.25, 0.3) is 0 Å². The Kier molecular flexibility index (Phi) is 5.51. The number of likely N-dealkylation sites (tertiary alicyclic amines) is 1. The van der Waals surface area contributed by atoms with E-state index < -0.39 is 0 Å². The number of benzene rings is 3. The standard InChI is InChI=1S/C24H24N2O2/c25-23-21(24(27)28-17-18-10-4-1-5-11-18)16-26(23)22(19-12-6-2-7-13-19)20-14-8-3-9-15-20/h1-15,21-23H,16-17,25H2/t21-,23-/m1/s1. The van der Waals surface area contributed by atoms with E-state index >= 15 is 0 Å². The first-order chi connectivity index (χ1) is 13.7. The predicted octanol–water partition coefficient (Wildman–Crippen LogP) is 3.74. The third-order valence-electron chi connectivity index (χ3n) is 5.29. The van der Waals surface area contributed by atoms with Crippen molar-refractivity contribution in [1.29, 1.82) is 0 Å². The van der Waals surface area contributed by atoms with Gasteiger partial charge in [-0.15, -0.1) is 0 Å². The minimum absolute atomic E-state index is 0.0237. The largest absolute Gasteiger partial charge is 0.460 e. The summed E-state index contributed by atoms with van der Waals surface area (Å²) in [5, 5.41) is 0. The van der Waals surface area contributed by atoms with Gasteiger partial charge in [-0.3, -0.25) is 9.69 Å². The molecule has 0 saturated carbocycles. The molecule has 3 aromatic rings. The molecule has 4 nitrogen and oxygen atoms in total. The van der Waals surface area contributed by atoms with Gasteiger partial charge in [-0.2, -0.15) is 0 Å². The zero-order valence-electron chi connectivity index (χ0n) is 15.6. The molecular formula is C24H24N2O2. The van der Waals surface area contributed by atoms with Crippen LogP contribution < -0.4 is 5.73 Å². The molecule has 1 aliphatic rings. The van der Waals surface area contributed by atoms with Crippen LogP contribution in [0.5, 0.6) is 0 Å². The summed E-state index contributed by atoms with van der Waals surface area (Å²) in [5.41, 5.74) is 9.75. The number of rotatable bonds is 6. The lowest BCUT2D eigenvalue weighted by molar-refractivity contribution is -0.162. The van der Waals surface area contributed by atoms with E-state index in [4.69, 9.17) is 10.5 Å². The molecule has 0 radical (unpaired) electrons. The average Bonchev–Trinajstić information content (AvgIpc) is 2.76. The van der Waals surface area contributed by atoms with Gasteiger partial charge in [0.1, 0.15) is 6.61 Å². The minimum atomic E-state index is -0.367. The summed E-state index contributed by atoms with van der Waals surface area (Å²) in [5.74, 6) is -0.536. The number of esters is 1. The summed E-state index contributed by atoms with van der Waals surface area (Å²) in [4.78, 5) is 14.7. The van der Waals surface area contributed by atoms with Crippen molar-refractivity contribution in [3.05, 3.63) is 108 Å². The van der Waals surface area contributed by atoms with E-state index in [0.29, 0.717) is 6.54 Å². The van der Waals surface area contributed by atoms with Crippen molar-refractivity contribution in [3.63, 3.8) is 0 Å². The van der Waals surface area contributed by atoms with Crippen LogP contribution in [-0.4, -0.2) is 23.6 Å². The van der Waals surface area contributed by atoms with E-state index in [0.717, 1.165) is 5.56 Å². The summed E-state index contributed by atoms with van der Waals surface area (Å²) >= 11 is 0. The molecule has 0 spiro atoms. The molecule has 1 heterocycles. The lowest BCUT2D eigenvalue weighted by Gasteiger charge is -2.49. The van der Waals surface area contributed by atoms with Crippen LogP contribution in [0.25, 0.3) is 0 Å². The molecule has 142 valence electrons. The van der Waals surface area contributed by atoms with E-state index in [2.05, 4.69) is 29.2 Å². The predicted molar refractivity (Wildman–Crippen MR) is 109 cm³/mol. The molecule has 0 unspecified atom stereocenters. The number of carbonyl (C=O) groups is 1. The maximum absolute atomic E-state index is 12.5. The fourth-order valence-electron chi connectivity index (χ4n) is 3.72. The number of ether oxygens (including phenoxy) is 1. The molecular weight excluding hydrogens is 348 g/mol. The summed E-state index contributed by atoms with van der Waals surface area (Å²) < 4.78 is 5.50. The van der Waals surface area contributed by atoms with Gasteiger partial charge >= 0.3 is 5.97 Å². The SMILES string of the molecule is N[C@H]1[C@H](C(=O)OCc2ccccc2)CN1C(c1ccccc1)c1ccccc1. The number of nitrogens with zero attached hydrogens (tertiary/aromatic N) is 1. The van der Waals surface area contributed by atoms with E-state index in [9.17, 15) is 4.79 Å². The second-order valence-electron chi connectivity index (χ2n) is 7.11. The molecule has 1 saturated heterocycles. The second-order valence-corrected chi connectivity index (χ2v) is 7.11. The Bertz CT molecular complexity index is 860. The molecule has 1 aliphatic heterocycles. The third-order valence-corrected chi connectivity index (χ3v) is 5.29. The highest BCUT2D eigenvalue weighted by atomic mass is 16.5. The van der Waals surface area contributed by atoms with Gasteiger partial charge in [-0.1, -0.05) is 91.0 Å². The highest BCUT2D eigenvalue weighted by Crippen LogP contribution is 2.37. The fourth-order valence-corrected chi connectivity index (χ4v) is 3.72. The monoisotopic (exact) mass is 372 g/mol. The number of hydrogen-bond acceptors (Lipinski definition) is 4. The van der Waals surface area contributed by atoms with Gasteiger partial charge in [-0.25, -0.2) is 0 Å². The van der Waals surface area contributed by atoms with Crippen molar-refractivity contribution < 1.29 is 9.53 Å². The van der Waals surface area contributed by atoms with Crippen molar-refractivity contribution >= 4 is 5.97 Å². The Balaban J connectivity index is 1.46. The van der Waals surface area contributed by atoms with Gasteiger partial charge in [0, 0.05) is 6.54 Å². The first-order valence-corrected chi connectivity index (χ1v) is 9.56. The van der Waals surface area contributed by atoms with Crippen molar-refractivity contribution in [2.45, 2.75) is 18.8 Å². The Morgan fingerprint density at radius 1 is 0.893 bits per heavy atom. The lowest BCUT2D eigenvalue weighted by atomic mass is 9.87. The Labute approximate surface area is 165 Å². The van der Waals surface area contributed by atoms with Crippen LogP contribution >= 0.6 is 0 Å². The molecule has 0 bridgehead atoms. The van der Waals surface area contributed by atoms with Crippen molar-refractivity contribution in [2.24, 2.45) is 11.7 Å².